The number of nitrogens with two attached hydrogens (primary N) is 1. The molecule has 1 fully saturated rings. The van der Waals surface area contributed by atoms with E-state index in [4.69, 9.17) is 19.5 Å². The maximum absolute atomic E-state index is 12.7. The first-order chi connectivity index (χ1) is 28.6. The van der Waals surface area contributed by atoms with Gasteiger partial charge in [0.15, 0.2) is 22.8 Å². The molecule has 3 heterocycles. The number of allylic oxidation sites excluding steroid dienone is 2. The summed E-state index contributed by atoms with van der Waals surface area (Å²) in [5, 5.41) is 26.6. The lowest BCUT2D eigenvalue weighted by atomic mass is 9.87. The molecule has 0 saturated carbocycles. The Morgan fingerprint density at radius 2 is 1.67 bits per heavy atom. The number of unbranched alkanes of at least 4 members (excludes halogenated alkanes) is 5. The van der Waals surface area contributed by atoms with Gasteiger partial charge in [0.1, 0.15) is 36.3 Å². The van der Waals surface area contributed by atoms with Crippen LogP contribution < -0.4 is 16.4 Å². The number of anilines is 1. The molecule has 0 spiro atoms. The number of nitrogens with zero attached hydrogens (tertiary/aromatic N) is 4. The average Bonchev–Trinajstić information content (AvgIpc) is 3.73. The highest BCUT2D eigenvalue weighted by atomic mass is 32.2. The normalized spacial score (nSPS) is 21.0. The minimum atomic E-state index is -5.57. The zero-order chi connectivity index (χ0) is 45.4. The van der Waals surface area contributed by atoms with Gasteiger partial charge in [-0.2, -0.15) is 4.31 Å². The number of carbonyl (C=O) groups is 3. The minimum absolute atomic E-state index is 0.0323. The molecule has 1 saturated heterocycles. The van der Waals surface area contributed by atoms with Gasteiger partial charge in [-0.05, 0) is 25.7 Å². The molecule has 0 aliphatic carbocycles. The Balaban J connectivity index is 1.39. The Kier molecular flexibility index (Phi) is 21.0. The molecule has 2 aromatic rings. The number of aliphatic hydroxyl groups is 2. The smallest absolute Gasteiger partial charge is 0.386 e. The van der Waals surface area contributed by atoms with Crippen LogP contribution in [0.5, 0.6) is 0 Å². The molecule has 61 heavy (non-hydrogen) atoms. The van der Waals surface area contributed by atoms with Crippen LogP contribution in [-0.4, -0.2) is 123 Å². The second-order valence-electron chi connectivity index (χ2n) is 14.5. The van der Waals surface area contributed by atoms with Crippen molar-refractivity contribution in [2.45, 2.75) is 109 Å². The van der Waals surface area contributed by atoms with Crippen LogP contribution in [0.15, 0.2) is 24.8 Å². The average molecular weight is 948 g/mol. The van der Waals surface area contributed by atoms with Crippen molar-refractivity contribution in [3.8, 4) is 0 Å². The zero-order valence-electron chi connectivity index (χ0n) is 33.9. The van der Waals surface area contributed by atoms with Crippen LogP contribution in [0, 0.1) is 5.41 Å². The molecule has 0 radical (unpaired) electrons. The third-order valence-corrected chi connectivity index (χ3v) is 13.0. The third kappa shape index (κ3) is 18.1. The number of hydrogen-bond acceptors (Lipinski definition) is 18. The predicted molar refractivity (Wildman–Crippen MR) is 219 cm³/mol. The Morgan fingerprint density at radius 3 is 2.38 bits per heavy atom. The van der Waals surface area contributed by atoms with Gasteiger partial charge in [0.05, 0.1) is 19.5 Å². The summed E-state index contributed by atoms with van der Waals surface area (Å²) >= 11 is 1.14. The van der Waals surface area contributed by atoms with Crippen molar-refractivity contribution in [1.82, 2.24) is 30.2 Å². The molecular weight excluding hydrogens is 891 g/mol. The lowest BCUT2D eigenvalue weighted by molar-refractivity contribution is -0.137. The molecule has 1 aliphatic heterocycles. The minimum Gasteiger partial charge on any atom is -0.386 e. The van der Waals surface area contributed by atoms with Gasteiger partial charge in [-0.15, -0.1) is 0 Å². The van der Waals surface area contributed by atoms with Crippen LogP contribution in [0.2, 0.25) is 0 Å². The molecule has 2 aromatic heterocycles. The zero-order valence-corrected chi connectivity index (χ0v) is 37.4. The van der Waals surface area contributed by atoms with E-state index in [0.717, 1.165) is 73.9 Å². The van der Waals surface area contributed by atoms with Gasteiger partial charge in [0.25, 0.3) is 0 Å². The second-order valence-corrected chi connectivity index (χ2v) is 19.9. The SMILES string of the molecule is CC/C=C/CCCCCCCC(=O)SCCNC(=O)CCNC(=O)C(O)C(C)(C)COP(=O)(O)OP(=O)(O)OCC1OC(n2cnc3c(N)ncnc32)C(O)C1OP(=O)(O)O. The molecule has 346 valence electrons. The maximum atomic E-state index is 12.7. The van der Waals surface area contributed by atoms with E-state index in [9.17, 15) is 57.9 Å². The molecule has 0 bridgehead atoms. The number of phosphoric ester groups is 3. The Morgan fingerprint density at radius 1 is 0.984 bits per heavy atom. The van der Waals surface area contributed by atoms with Crippen LogP contribution in [0.3, 0.4) is 0 Å². The van der Waals surface area contributed by atoms with Crippen LogP contribution in [-0.2, 0) is 50.7 Å². The van der Waals surface area contributed by atoms with Crippen LogP contribution >= 0.6 is 35.2 Å². The number of nitrogens with one attached hydrogen (secondary N) is 2. The van der Waals surface area contributed by atoms with E-state index in [-0.39, 0.29) is 41.6 Å². The van der Waals surface area contributed by atoms with Gasteiger partial charge < -0.3 is 50.9 Å². The monoisotopic (exact) mass is 947 g/mol. The van der Waals surface area contributed by atoms with E-state index in [2.05, 4.69) is 53.5 Å². The number of carbonyl (C=O) groups excluding carboxylic acids is 3. The fourth-order valence-corrected chi connectivity index (χ4v) is 9.26. The van der Waals surface area contributed by atoms with E-state index in [1.54, 1.807) is 0 Å². The number of amides is 2. The number of ether oxygens (including phenoxy) is 1. The first kappa shape index (κ1) is 52.6. The number of nitrogen functional groups attached to an aromatic ring is 1. The highest BCUT2D eigenvalue weighted by Gasteiger charge is 2.50. The molecular formula is C33H56N7O17P3S. The summed E-state index contributed by atoms with van der Waals surface area (Å²) < 4.78 is 62.3. The van der Waals surface area contributed by atoms with Crippen molar-refractivity contribution >= 4 is 69.1 Å². The fraction of sp³-hybridized carbons (Fsp3) is 0.697. The largest absolute Gasteiger partial charge is 0.481 e. The summed E-state index contributed by atoms with van der Waals surface area (Å²) in [5.74, 6) is -1.04. The number of aromatic nitrogens is 4. The van der Waals surface area contributed by atoms with Gasteiger partial charge in [0.2, 0.25) is 11.8 Å². The van der Waals surface area contributed by atoms with E-state index >= 15 is 0 Å². The van der Waals surface area contributed by atoms with Crippen molar-refractivity contribution < 1.29 is 80.5 Å². The van der Waals surface area contributed by atoms with E-state index in [1.165, 1.54) is 13.8 Å². The molecule has 2 amide bonds. The summed E-state index contributed by atoms with van der Waals surface area (Å²) in [6, 6.07) is 0. The molecule has 0 aromatic carbocycles. The quantitative estimate of drug-likeness (QED) is 0.0336. The lowest BCUT2D eigenvalue weighted by Gasteiger charge is -2.30. The van der Waals surface area contributed by atoms with Crippen LogP contribution in [0.1, 0.15) is 84.8 Å². The first-order valence-corrected chi connectivity index (χ1v) is 24.8. The molecule has 10 N–H and O–H groups in total. The number of fused-ring (bicyclic) bond motifs is 1. The summed E-state index contributed by atoms with van der Waals surface area (Å²) in [4.78, 5) is 88.0. The standard InChI is InChI=1S/C33H56N7O17P3S/c1-4-5-6-7-8-9-10-11-12-13-24(42)61-17-16-35-23(41)14-15-36-31(45)28(44)33(2,3)19-54-60(51,52)57-59(49,50)53-18-22-27(56-58(46,47)48)26(43)32(55-22)40-21-39-25-29(34)37-20-38-30(25)40/h5-6,20-22,26-28,32,43-44H,4,7-19H2,1-3H3,(H,35,41)(H,36,45)(H,49,50)(H,51,52)(H2,34,37,38)(H2,46,47,48)/b6-5+. The first-order valence-electron chi connectivity index (χ1n) is 19.3. The molecule has 24 nitrogen and oxygen atoms in total. The van der Waals surface area contributed by atoms with Crippen LogP contribution in [0.4, 0.5) is 5.82 Å². The van der Waals surface area contributed by atoms with Gasteiger partial charge in [-0.25, -0.2) is 28.6 Å². The van der Waals surface area contributed by atoms with Crippen molar-refractivity contribution in [1.29, 1.82) is 0 Å². The number of phosphoric acid groups is 3. The molecule has 28 heteroatoms. The highest BCUT2D eigenvalue weighted by molar-refractivity contribution is 8.13. The summed E-state index contributed by atoms with van der Waals surface area (Å²) in [5.41, 5.74) is 4.28. The summed E-state index contributed by atoms with van der Waals surface area (Å²) in [6.45, 7) is 2.66. The number of aliphatic hydroxyl groups excluding tert-OH is 2. The third-order valence-electron chi connectivity index (χ3n) is 8.92. The van der Waals surface area contributed by atoms with Crippen molar-refractivity contribution in [2.75, 3.05) is 37.8 Å². The molecule has 7 atom stereocenters. The number of thioether (sulfide) groups is 1. The Bertz CT molecular complexity index is 1940. The van der Waals surface area contributed by atoms with Gasteiger partial charge >= 0.3 is 23.5 Å². The Labute approximate surface area is 356 Å². The number of rotatable bonds is 28. The van der Waals surface area contributed by atoms with E-state index in [0.29, 0.717) is 12.2 Å². The topological polar surface area (TPSA) is 364 Å². The van der Waals surface area contributed by atoms with Gasteiger partial charge in [-0.1, -0.05) is 63.9 Å². The van der Waals surface area contributed by atoms with Crippen molar-refractivity contribution in [3.05, 3.63) is 24.8 Å². The maximum Gasteiger partial charge on any atom is 0.481 e. The molecule has 1 aliphatic rings. The fourth-order valence-electron chi connectivity index (χ4n) is 5.71. The van der Waals surface area contributed by atoms with E-state index in [1.807, 2.05) is 0 Å². The molecule has 3 rings (SSSR count). The second kappa shape index (κ2) is 24.4. The van der Waals surface area contributed by atoms with Crippen molar-refractivity contribution in [2.24, 2.45) is 5.41 Å². The lowest BCUT2D eigenvalue weighted by Crippen LogP contribution is -2.46. The number of hydrogen-bond donors (Lipinski definition) is 9. The predicted octanol–water partition coefficient (Wildman–Crippen LogP) is 2.36. The van der Waals surface area contributed by atoms with Gasteiger partial charge in [0, 0.05) is 37.1 Å². The van der Waals surface area contributed by atoms with E-state index < -0.39 is 84.6 Å². The summed E-state index contributed by atoms with van der Waals surface area (Å²) in [6.07, 6.45) is 5.22. The highest BCUT2D eigenvalue weighted by Crippen LogP contribution is 2.61. The number of imidazole rings is 1. The molecule has 7 unspecified atom stereocenters. The summed E-state index contributed by atoms with van der Waals surface area (Å²) in [7, 11) is -16.4. The van der Waals surface area contributed by atoms with Crippen LogP contribution in [0.25, 0.3) is 11.2 Å². The Hall–Kier alpha value is -2.70. The van der Waals surface area contributed by atoms with Gasteiger partial charge in [-0.3, -0.25) is 32.5 Å². The van der Waals surface area contributed by atoms with Crippen molar-refractivity contribution in [3.63, 3.8) is 0 Å².